The molecule has 3 aromatic carbocycles. The number of piperidine rings is 1. The highest BCUT2D eigenvalue weighted by Gasteiger charge is 2.36. The number of aliphatic hydroxyl groups is 2. The Morgan fingerprint density at radius 2 is 1.45 bits per heavy atom. The third kappa shape index (κ3) is 5.16. The number of benzene rings is 3. The summed E-state index contributed by atoms with van der Waals surface area (Å²) in [5, 5.41) is 22.0. The molecule has 1 heterocycles. The standard InChI is InChI=1S/C27H31NO3/c1-21(28-18-16-27(30,17-19-28)24-10-6-3-7-11-24)26(29)23-12-14-25(15-13-23)31-20-22-8-4-2-5-9-22/h2-15,21,26,29-30H,16-20H2,1H3/t21-,26+/m1/s1. The zero-order chi connectivity index (χ0) is 21.7. The van der Waals surface area contributed by atoms with E-state index in [4.69, 9.17) is 4.74 Å². The van der Waals surface area contributed by atoms with Gasteiger partial charge in [0, 0.05) is 19.1 Å². The SMILES string of the molecule is C[C@H]([C@H](O)c1ccc(OCc2ccccc2)cc1)N1CCC(O)(c2ccccc2)CC1. The maximum Gasteiger partial charge on any atom is 0.119 e. The summed E-state index contributed by atoms with van der Waals surface area (Å²) in [5.74, 6) is 0.790. The van der Waals surface area contributed by atoms with Crippen LogP contribution in [0.25, 0.3) is 0 Å². The molecule has 0 unspecified atom stereocenters. The number of rotatable bonds is 7. The molecule has 162 valence electrons. The molecule has 1 aliphatic heterocycles. The fourth-order valence-corrected chi connectivity index (χ4v) is 4.32. The average Bonchev–Trinajstić information content (AvgIpc) is 2.84. The topological polar surface area (TPSA) is 52.9 Å². The van der Waals surface area contributed by atoms with Gasteiger partial charge in [0.05, 0.1) is 11.7 Å². The summed E-state index contributed by atoms with van der Waals surface area (Å²) < 4.78 is 5.85. The first-order valence-corrected chi connectivity index (χ1v) is 11.0. The molecule has 1 fully saturated rings. The van der Waals surface area contributed by atoms with Gasteiger partial charge >= 0.3 is 0 Å². The molecule has 3 aromatic rings. The normalized spacial score (nSPS) is 18.3. The van der Waals surface area contributed by atoms with Gasteiger partial charge in [-0.3, -0.25) is 4.90 Å². The second kappa shape index (κ2) is 9.65. The predicted molar refractivity (Wildman–Crippen MR) is 123 cm³/mol. The lowest BCUT2D eigenvalue weighted by Crippen LogP contribution is -2.47. The van der Waals surface area contributed by atoms with Gasteiger partial charge in [0.1, 0.15) is 12.4 Å². The fourth-order valence-electron chi connectivity index (χ4n) is 4.32. The largest absolute Gasteiger partial charge is 0.489 e. The minimum absolute atomic E-state index is 0.0311. The Hall–Kier alpha value is -2.66. The molecule has 1 saturated heterocycles. The lowest BCUT2D eigenvalue weighted by atomic mass is 9.83. The van der Waals surface area contributed by atoms with Crippen molar-refractivity contribution >= 4 is 0 Å². The molecule has 0 aliphatic carbocycles. The summed E-state index contributed by atoms with van der Waals surface area (Å²) in [6.07, 6.45) is 0.742. The van der Waals surface area contributed by atoms with Crippen molar-refractivity contribution in [2.24, 2.45) is 0 Å². The lowest BCUT2D eigenvalue weighted by molar-refractivity contribution is -0.0501. The van der Waals surface area contributed by atoms with Crippen molar-refractivity contribution < 1.29 is 14.9 Å². The van der Waals surface area contributed by atoms with Gasteiger partial charge in [-0.15, -0.1) is 0 Å². The van der Waals surface area contributed by atoms with Crippen LogP contribution in [0.3, 0.4) is 0 Å². The smallest absolute Gasteiger partial charge is 0.119 e. The van der Waals surface area contributed by atoms with Gasteiger partial charge in [0.25, 0.3) is 0 Å². The van der Waals surface area contributed by atoms with E-state index in [9.17, 15) is 10.2 Å². The maximum atomic E-state index is 11.1. The zero-order valence-corrected chi connectivity index (χ0v) is 18.0. The lowest BCUT2D eigenvalue weighted by Gasteiger charge is -2.42. The second-order valence-electron chi connectivity index (χ2n) is 8.46. The Morgan fingerprint density at radius 1 is 0.871 bits per heavy atom. The van der Waals surface area contributed by atoms with Crippen LogP contribution in [0.4, 0.5) is 0 Å². The number of nitrogens with zero attached hydrogens (tertiary/aromatic N) is 1. The second-order valence-corrected chi connectivity index (χ2v) is 8.46. The summed E-state index contributed by atoms with van der Waals surface area (Å²) in [4.78, 5) is 2.27. The zero-order valence-electron chi connectivity index (χ0n) is 18.0. The van der Waals surface area contributed by atoms with Crippen molar-refractivity contribution in [2.45, 2.75) is 44.1 Å². The molecular formula is C27H31NO3. The Kier molecular flexibility index (Phi) is 6.71. The van der Waals surface area contributed by atoms with E-state index in [0.29, 0.717) is 19.4 Å². The van der Waals surface area contributed by atoms with Gasteiger partial charge in [-0.05, 0) is 48.6 Å². The molecular weight excluding hydrogens is 386 g/mol. The van der Waals surface area contributed by atoms with E-state index in [0.717, 1.165) is 35.5 Å². The first-order valence-electron chi connectivity index (χ1n) is 11.0. The summed E-state index contributed by atoms with van der Waals surface area (Å²) in [7, 11) is 0. The molecule has 0 spiro atoms. The van der Waals surface area contributed by atoms with Gasteiger partial charge in [0.15, 0.2) is 0 Å². The first-order chi connectivity index (χ1) is 15.0. The van der Waals surface area contributed by atoms with Crippen LogP contribution in [0.15, 0.2) is 84.9 Å². The van der Waals surface area contributed by atoms with Crippen molar-refractivity contribution in [1.82, 2.24) is 4.90 Å². The molecule has 31 heavy (non-hydrogen) atoms. The van der Waals surface area contributed by atoms with Crippen molar-refractivity contribution in [3.63, 3.8) is 0 Å². The van der Waals surface area contributed by atoms with E-state index < -0.39 is 11.7 Å². The number of ether oxygens (including phenoxy) is 1. The van der Waals surface area contributed by atoms with E-state index in [1.165, 1.54) is 0 Å². The highest BCUT2D eigenvalue weighted by Crippen LogP contribution is 2.35. The van der Waals surface area contributed by atoms with Crippen LogP contribution in [0.5, 0.6) is 5.75 Å². The quantitative estimate of drug-likeness (QED) is 0.587. The van der Waals surface area contributed by atoms with Crippen LogP contribution < -0.4 is 4.74 Å². The summed E-state index contributed by atoms with van der Waals surface area (Å²) in [6, 6.07) is 27.6. The molecule has 0 saturated carbocycles. The third-order valence-electron chi connectivity index (χ3n) is 6.44. The molecule has 0 aromatic heterocycles. The summed E-state index contributed by atoms with van der Waals surface area (Å²) >= 11 is 0. The fraction of sp³-hybridized carbons (Fsp3) is 0.333. The van der Waals surface area contributed by atoms with E-state index >= 15 is 0 Å². The highest BCUT2D eigenvalue weighted by molar-refractivity contribution is 5.30. The molecule has 2 N–H and O–H groups in total. The van der Waals surface area contributed by atoms with E-state index in [1.54, 1.807) is 0 Å². The molecule has 2 atom stereocenters. The molecule has 4 heteroatoms. The molecule has 4 rings (SSSR count). The van der Waals surface area contributed by atoms with E-state index in [-0.39, 0.29) is 6.04 Å². The Labute approximate surface area is 184 Å². The van der Waals surface area contributed by atoms with Crippen LogP contribution in [0.1, 0.15) is 42.6 Å². The third-order valence-corrected chi connectivity index (χ3v) is 6.44. The summed E-state index contributed by atoms with van der Waals surface area (Å²) in [5.41, 5.74) is 2.21. The van der Waals surface area contributed by atoms with Gasteiger partial charge in [-0.1, -0.05) is 72.8 Å². The molecule has 1 aliphatic rings. The van der Waals surface area contributed by atoms with Crippen LogP contribution in [-0.2, 0) is 12.2 Å². The van der Waals surface area contributed by atoms with Crippen LogP contribution in [0, 0.1) is 0 Å². The van der Waals surface area contributed by atoms with Crippen LogP contribution in [-0.4, -0.2) is 34.2 Å². The first kappa shape index (κ1) is 21.6. The van der Waals surface area contributed by atoms with Gasteiger partial charge in [-0.25, -0.2) is 0 Å². The van der Waals surface area contributed by atoms with Crippen molar-refractivity contribution in [2.75, 3.05) is 13.1 Å². The Balaban J connectivity index is 1.32. The Bertz CT molecular complexity index is 935. The van der Waals surface area contributed by atoms with Gasteiger partial charge < -0.3 is 14.9 Å². The monoisotopic (exact) mass is 417 g/mol. The van der Waals surface area contributed by atoms with Gasteiger partial charge in [0.2, 0.25) is 0 Å². The van der Waals surface area contributed by atoms with E-state index in [2.05, 4.69) is 11.8 Å². The summed E-state index contributed by atoms with van der Waals surface area (Å²) in [6.45, 7) is 4.08. The van der Waals surface area contributed by atoms with Crippen molar-refractivity contribution in [1.29, 1.82) is 0 Å². The van der Waals surface area contributed by atoms with Crippen molar-refractivity contribution in [3.8, 4) is 5.75 Å². The van der Waals surface area contributed by atoms with E-state index in [1.807, 2.05) is 84.9 Å². The predicted octanol–water partition coefficient (Wildman–Crippen LogP) is 4.67. The molecule has 0 bridgehead atoms. The Morgan fingerprint density at radius 3 is 2.06 bits per heavy atom. The number of likely N-dealkylation sites (tertiary alicyclic amines) is 1. The van der Waals surface area contributed by atoms with Crippen LogP contribution in [0.2, 0.25) is 0 Å². The van der Waals surface area contributed by atoms with Crippen LogP contribution >= 0.6 is 0 Å². The molecule has 0 amide bonds. The number of aliphatic hydroxyl groups excluding tert-OH is 1. The number of hydrogen-bond acceptors (Lipinski definition) is 4. The van der Waals surface area contributed by atoms with Crippen molar-refractivity contribution in [3.05, 3.63) is 102 Å². The molecule has 4 nitrogen and oxygen atoms in total. The highest BCUT2D eigenvalue weighted by atomic mass is 16.5. The van der Waals surface area contributed by atoms with Gasteiger partial charge in [-0.2, -0.15) is 0 Å². The average molecular weight is 418 g/mol. The minimum atomic E-state index is -0.778. The minimum Gasteiger partial charge on any atom is -0.489 e. The maximum absolute atomic E-state index is 11.1. The molecule has 0 radical (unpaired) electrons. The number of hydrogen-bond donors (Lipinski definition) is 2.